The summed E-state index contributed by atoms with van der Waals surface area (Å²) in [5.41, 5.74) is 1.36. The van der Waals surface area contributed by atoms with Crippen LogP contribution in [0, 0.1) is 0 Å². The molecule has 0 bridgehead atoms. The third-order valence-corrected chi connectivity index (χ3v) is 3.61. The Hall–Kier alpha value is -0.570. The molecule has 0 amide bonds. The zero-order valence-corrected chi connectivity index (χ0v) is 11.2. The molecule has 3 heteroatoms. The lowest BCUT2D eigenvalue weighted by molar-refractivity contribution is 0.199. The summed E-state index contributed by atoms with van der Waals surface area (Å²) in [5.74, 6) is 0. The van der Waals surface area contributed by atoms with Crippen LogP contribution in [0.2, 0.25) is 5.02 Å². The van der Waals surface area contributed by atoms with E-state index in [2.05, 4.69) is 29.3 Å². The zero-order valence-electron chi connectivity index (χ0n) is 10.5. The van der Waals surface area contributed by atoms with Crippen LogP contribution in [0.25, 0.3) is 0 Å². The molecule has 1 atom stereocenters. The zero-order chi connectivity index (χ0) is 12.1. The van der Waals surface area contributed by atoms with E-state index in [9.17, 15) is 0 Å². The first-order valence-electron chi connectivity index (χ1n) is 6.49. The van der Waals surface area contributed by atoms with Gasteiger partial charge in [0.15, 0.2) is 0 Å². The second-order valence-electron chi connectivity index (χ2n) is 4.74. The van der Waals surface area contributed by atoms with E-state index in [0.717, 1.165) is 24.7 Å². The summed E-state index contributed by atoms with van der Waals surface area (Å²) >= 11 is 5.91. The molecule has 0 spiro atoms. The summed E-state index contributed by atoms with van der Waals surface area (Å²) in [6.07, 6.45) is 2.48. The van der Waals surface area contributed by atoms with Gasteiger partial charge in [-0.05, 0) is 43.6 Å². The molecule has 0 radical (unpaired) electrons. The molecule has 1 fully saturated rings. The van der Waals surface area contributed by atoms with Crippen LogP contribution >= 0.6 is 11.6 Å². The minimum absolute atomic E-state index is 0.700. The van der Waals surface area contributed by atoms with Crippen molar-refractivity contribution >= 4 is 11.6 Å². The van der Waals surface area contributed by atoms with Crippen molar-refractivity contribution in [3.05, 3.63) is 34.9 Å². The summed E-state index contributed by atoms with van der Waals surface area (Å²) in [6, 6.07) is 8.92. The van der Waals surface area contributed by atoms with Crippen LogP contribution in [-0.2, 0) is 6.54 Å². The molecule has 94 valence electrons. The lowest BCUT2D eigenvalue weighted by Crippen LogP contribution is -2.36. The topological polar surface area (TPSA) is 15.3 Å². The fraction of sp³-hybridized carbons (Fsp3) is 0.571. The average molecular weight is 253 g/mol. The molecule has 1 unspecified atom stereocenters. The molecule has 1 aliphatic rings. The molecule has 1 aliphatic heterocycles. The van der Waals surface area contributed by atoms with Crippen LogP contribution in [0.3, 0.4) is 0 Å². The molecule has 1 aromatic carbocycles. The van der Waals surface area contributed by atoms with Crippen LogP contribution < -0.4 is 5.32 Å². The molecule has 0 saturated carbocycles. The van der Waals surface area contributed by atoms with E-state index < -0.39 is 0 Å². The summed E-state index contributed by atoms with van der Waals surface area (Å²) in [7, 11) is 0. The SMILES string of the molecule is CCCN(Cc1ccc(Cl)cc1)C1CCNC1. The van der Waals surface area contributed by atoms with E-state index >= 15 is 0 Å². The summed E-state index contributed by atoms with van der Waals surface area (Å²) < 4.78 is 0. The highest BCUT2D eigenvalue weighted by atomic mass is 35.5. The van der Waals surface area contributed by atoms with Gasteiger partial charge in [-0.15, -0.1) is 0 Å². The fourth-order valence-electron chi connectivity index (χ4n) is 2.45. The Morgan fingerprint density at radius 1 is 1.35 bits per heavy atom. The second kappa shape index (κ2) is 6.39. The molecule has 2 rings (SSSR count). The van der Waals surface area contributed by atoms with Crippen LogP contribution in [0.5, 0.6) is 0 Å². The van der Waals surface area contributed by atoms with Gasteiger partial charge in [0.1, 0.15) is 0 Å². The lowest BCUT2D eigenvalue weighted by atomic mass is 10.1. The quantitative estimate of drug-likeness (QED) is 0.867. The van der Waals surface area contributed by atoms with E-state index in [1.807, 2.05) is 12.1 Å². The highest BCUT2D eigenvalue weighted by molar-refractivity contribution is 6.30. The van der Waals surface area contributed by atoms with Gasteiger partial charge < -0.3 is 5.32 Å². The maximum atomic E-state index is 5.91. The van der Waals surface area contributed by atoms with Gasteiger partial charge in [-0.3, -0.25) is 4.90 Å². The number of benzene rings is 1. The van der Waals surface area contributed by atoms with Crippen LogP contribution in [0.4, 0.5) is 0 Å². The third kappa shape index (κ3) is 3.70. The van der Waals surface area contributed by atoms with Crippen molar-refractivity contribution in [2.75, 3.05) is 19.6 Å². The third-order valence-electron chi connectivity index (χ3n) is 3.36. The highest BCUT2D eigenvalue weighted by Gasteiger charge is 2.21. The Morgan fingerprint density at radius 2 is 2.12 bits per heavy atom. The predicted octanol–water partition coefficient (Wildman–Crippen LogP) is 2.91. The van der Waals surface area contributed by atoms with Crippen LogP contribution in [-0.4, -0.2) is 30.6 Å². The number of nitrogens with zero attached hydrogens (tertiary/aromatic N) is 1. The first-order valence-corrected chi connectivity index (χ1v) is 6.86. The average Bonchev–Trinajstić information content (AvgIpc) is 2.85. The van der Waals surface area contributed by atoms with Crippen molar-refractivity contribution in [1.29, 1.82) is 0 Å². The first-order chi connectivity index (χ1) is 8.29. The van der Waals surface area contributed by atoms with Gasteiger partial charge in [0, 0.05) is 24.2 Å². The summed E-state index contributed by atoms with van der Waals surface area (Å²) in [4.78, 5) is 2.59. The second-order valence-corrected chi connectivity index (χ2v) is 5.18. The summed E-state index contributed by atoms with van der Waals surface area (Å²) in [6.45, 7) is 6.75. The van der Waals surface area contributed by atoms with E-state index in [1.54, 1.807) is 0 Å². The van der Waals surface area contributed by atoms with Gasteiger partial charge in [-0.25, -0.2) is 0 Å². The molecular formula is C14H21ClN2. The monoisotopic (exact) mass is 252 g/mol. The Kier molecular flexibility index (Phi) is 4.84. The Labute approximate surface area is 109 Å². The fourth-order valence-corrected chi connectivity index (χ4v) is 2.58. The Balaban J connectivity index is 1.98. The molecular weight excluding hydrogens is 232 g/mol. The predicted molar refractivity (Wildman–Crippen MR) is 73.4 cm³/mol. The molecule has 0 aromatic heterocycles. The number of halogens is 1. The Bertz CT molecular complexity index is 331. The molecule has 2 nitrogen and oxygen atoms in total. The normalized spacial score (nSPS) is 20.1. The number of rotatable bonds is 5. The Morgan fingerprint density at radius 3 is 2.71 bits per heavy atom. The van der Waals surface area contributed by atoms with E-state index in [0.29, 0.717) is 6.04 Å². The van der Waals surface area contributed by atoms with Crippen molar-refractivity contribution in [2.24, 2.45) is 0 Å². The maximum absolute atomic E-state index is 5.91. The largest absolute Gasteiger partial charge is 0.315 e. The molecule has 0 aliphatic carbocycles. The van der Waals surface area contributed by atoms with Crippen LogP contribution in [0.1, 0.15) is 25.3 Å². The smallest absolute Gasteiger partial charge is 0.0406 e. The minimum Gasteiger partial charge on any atom is -0.315 e. The standard InChI is InChI=1S/C14H21ClN2/c1-2-9-17(14-7-8-16-10-14)11-12-3-5-13(15)6-4-12/h3-6,14,16H,2,7-11H2,1H3. The molecule has 1 heterocycles. The van der Waals surface area contributed by atoms with Crippen molar-refractivity contribution in [3.8, 4) is 0 Å². The van der Waals surface area contributed by atoms with Gasteiger partial charge in [0.25, 0.3) is 0 Å². The first kappa shape index (κ1) is 12.9. The summed E-state index contributed by atoms with van der Waals surface area (Å²) in [5, 5.41) is 4.26. The number of hydrogen-bond acceptors (Lipinski definition) is 2. The van der Waals surface area contributed by atoms with Crippen molar-refractivity contribution in [1.82, 2.24) is 10.2 Å². The van der Waals surface area contributed by atoms with Gasteiger partial charge in [-0.2, -0.15) is 0 Å². The van der Waals surface area contributed by atoms with Crippen molar-refractivity contribution in [2.45, 2.75) is 32.4 Å². The molecule has 17 heavy (non-hydrogen) atoms. The maximum Gasteiger partial charge on any atom is 0.0406 e. The van der Waals surface area contributed by atoms with E-state index in [1.165, 1.54) is 24.9 Å². The molecule has 1 saturated heterocycles. The van der Waals surface area contributed by atoms with E-state index in [4.69, 9.17) is 11.6 Å². The highest BCUT2D eigenvalue weighted by Crippen LogP contribution is 2.16. The van der Waals surface area contributed by atoms with E-state index in [-0.39, 0.29) is 0 Å². The van der Waals surface area contributed by atoms with Gasteiger partial charge >= 0.3 is 0 Å². The number of hydrogen-bond donors (Lipinski definition) is 1. The molecule has 1 N–H and O–H groups in total. The lowest BCUT2D eigenvalue weighted by Gasteiger charge is -2.28. The number of nitrogens with one attached hydrogen (secondary N) is 1. The minimum atomic E-state index is 0.700. The van der Waals surface area contributed by atoms with Crippen molar-refractivity contribution in [3.63, 3.8) is 0 Å². The van der Waals surface area contributed by atoms with Crippen molar-refractivity contribution < 1.29 is 0 Å². The van der Waals surface area contributed by atoms with Gasteiger partial charge in [0.05, 0.1) is 0 Å². The van der Waals surface area contributed by atoms with Crippen LogP contribution in [0.15, 0.2) is 24.3 Å². The van der Waals surface area contributed by atoms with Gasteiger partial charge in [0.2, 0.25) is 0 Å². The van der Waals surface area contributed by atoms with Gasteiger partial charge in [-0.1, -0.05) is 30.7 Å². The molecule has 1 aromatic rings.